The molecule has 294 valence electrons. The normalized spacial score (nSPS) is 10.9. The van der Waals surface area contributed by atoms with Gasteiger partial charge in [0.2, 0.25) is 0 Å². The maximum atomic E-state index is 4.75. The van der Waals surface area contributed by atoms with Crippen LogP contribution in [0, 0.1) is 0 Å². The summed E-state index contributed by atoms with van der Waals surface area (Å²) in [6.45, 7) is 0. The van der Waals surface area contributed by atoms with Gasteiger partial charge in [0.25, 0.3) is 0 Å². The second-order valence-corrected chi connectivity index (χ2v) is 15.2. The van der Waals surface area contributed by atoms with Crippen LogP contribution >= 0.6 is 0 Å². The van der Waals surface area contributed by atoms with E-state index in [0.717, 1.165) is 56.5 Å². The average Bonchev–Trinajstić information content (AvgIpc) is 3.36. The Morgan fingerprint density at radius 2 is 0.532 bits per heavy atom. The van der Waals surface area contributed by atoms with Crippen molar-refractivity contribution in [3.8, 4) is 55.8 Å². The lowest BCUT2D eigenvalue weighted by molar-refractivity contribution is 1.26. The van der Waals surface area contributed by atoms with E-state index in [1.54, 1.807) is 0 Å². The predicted octanol–water partition coefficient (Wildman–Crippen LogP) is 16.4. The molecule has 1 aromatic heterocycles. The molecule has 3 heteroatoms. The Bertz CT molecular complexity index is 2790. The summed E-state index contributed by atoms with van der Waals surface area (Å²) < 4.78 is 0. The molecule has 0 bridgehead atoms. The number of rotatable bonds is 11. The molecule has 0 amide bonds. The summed E-state index contributed by atoms with van der Waals surface area (Å²) in [4.78, 5) is 9.45. The molecule has 1 heterocycles. The standard InChI is InChI=1S/C59H43N3/c1-4-16-44(17-5-1)46-27-35-51(36-28-46)61(58-25-12-10-22-55(58)50-20-8-3-9-21-50)52-39-31-48(32-40-52)49-33-41-54(42-34-49)62(53-37-29-47(30-38-53)45-18-6-2-7-19-45)59-26-13-11-23-56(59)57-24-14-15-43-60-57/h1-43H. The molecule has 0 radical (unpaired) electrons. The fourth-order valence-electron chi connectivity index (χ4n) is 8.27. The number of para-hydroxylation sites is 2. The average molecular weight is 794 g/mol. The van der Waals surface area contributed by atoms with Crippen molar-refractivity contribution in [2.75, 3.05) is 9.80 Å². The van der Waals surface area contributed by atoms with Crippen LogP contribution < -0.4 is 9.80 Å². The number of nitrogens with zero attached hydrogens (tertiary/aromatic N) is 3. The summed E-state index contributed by atoms with van der Waals surface area (Å²) >= 11 is 0. The van der Waals surface area contributed by atoms with Crippen LogP contribution in [0.15, 0.2) is 261 Å². The van der Waals surface area contributed by atoms with E-state index in [1.165, 1.54) is 33.4 Å². The van der Waals surface area contributed by atoms with E-state index < -0.39 is 0 Å². The maximum absolute atomic E-state index is 4.75. The van der Waals surface area contributed by atoms with Gasteiger partial charge in [-0.3, -0.25) is 4.98 Å². The van der Waals surface area contributed by atoms with Crippen molar-refractivity contribution < 1.29 is 0 Å². The van der Waals surface area contributed by atoms with Gasteiger partial charge in [0.1, 0.15) is 0 Å². The molecule has 0 spiro atoms. The van der Waals surface area contributed by atoms with Crippen molar-refractivity contribution in [1.82, 2.24) is 4.98 Å². The highest BCUT2D eigenvalue weighted by Crippen LogP contribution is 2.44. The Kier molecular flexibility index (Phi) is 10.7. The number of aromatic nitrogens is 1. The molecule has 9 aromatic carbocycles. The first kappa shape index (κ1) is 38.0. The molecule has 0 unspecified atom stereocenters. The number of hydrogen-bond donors (Lipinski definition) is 0. The zero-order valence-electron chi connectivity index (χ0n) is 34.2. The Morgan fingerprint density at radius 3 is 0.919 bits per heavy atom. The minimum Gasteiger partial charge on any atom is -0.310 e. The van der Waals surface area contributed by atoms with Crippen molar-refractivity contribution in [2.45, 2.75) is 0 Å². The summed E-state index contributed by atoms with van der Waals surface area (Å²) in [5, 5.41) is 0. The predicted molar refractivity (Wildman–Crippen MR) is 261 cm³/mol. The molecule has 3 nitrogen and oxygen atoms in total. The summed E-state index contributed by atoms with van der Waals surface area (Å²) in [5.41, 5.74) is 17.9. The lowest BCUT2D eigenvalue weighted by Gasteiger charge is -2.28. The van der Waals surface area contributed by atoms with E-state index in [4.69, 9.17) is 4.98 Å². The molecule has 0 fully saturated rings. The molecular formula is C59H43N3. The van der Waals surface area contributed by atoms with Gasteiger partial charge in [-0.2, -0.15) is 0 Å². The lowest BCUT2D eigenvalue weighted by atomic mass is 10.00. The zero-order chi connectivity index (χ0) is 41.5. The molecule has 0 N–H and O–H groups in total. The second kappa shape index (κ2) is 17.5. The van der Waals surface area contributed by atoms with Crippen LogP contribution in [0.3, 0.4) is 0 Å². The van der Waals surface area contributed by atoms with Crippen LogP contribution in [0.25, 0.3) is 55.8 Å². The van der Waals surface area contributed by atoms with Gasteiger partial charge in [-0.15, -0.1) is 0 Å². The van der Waals surface area contributed by atoms with Crippen molar-refractivity contribution in [2.24, 2.45) is 0 Å². The Balaban J connectivity index is 1.01. The number of hydrogen-bond acceptors (Lipinski definition) is 3. The molecule has 0 saturated carbocycles. The minimum absolute atomic E-state index is 0.929. The van der Waals surface area contributed by atoms with Gasteiger partial charge in [0, 0.05) is 40.1 Å². The fourth-order valence-corrected chi connectivity index (χ4v) is 8.27. The maximum Gasteiger partial charge on any atom is 0.0723 e. The van der Waals surface area contributed by atoms with Crippen LogP contribution in [0.2, 0.25) is 0 Å². The van der Waals surface area contributed by atoms with Gasteiger partial charge < -0.3 is 9.80 Å². The quantitative estimate of drug-likeness (QED) is 0.130. The fraction of sp³-hybridized carbons (Fsp3) is 0. The van der Waals surface area contributed by atoms with Crippen molar-refractivity contribution in [3.05, 3.63) is 261 Å². The molecular weight excluding hydrogens is 751 g/mol. The summed E-state index contributed by atoms with van der Waals surface area (Å²) in [6, 6.07) is 90.5. The van der Waals surface area contributed by atoms with E-state index in [0.29, 0.717) is 0 Å². The highest BCUT2D eigenvalue weighted by atomic mass is 15.2. The number of benzene rings is 9. The van der Waals surface area contributed by atoms with Gasteiger partial charge >= 0.3 is 0 Å². The van der Waals surface area contributed by atoms with E-state index >= 15 is 0 Å². The third-order valence-electron chi connectivity index (χ3n) is 11.4. The van der Waals surface area contributed by atoms with E-state index in [2.05, 4.69) is 252 Å². The highest BCUT2D eigenvalue weighted by molar-refractivity contribution is 5.90. The van der Waals surface area contributed by atoms with Gasteiger partial charge in [-0.25, -0.2) is 0 Å². The van der Waals surface area contributed by atoms with Crippen molar-refractivity contribution in [1.29, 1.82) is 0 Å². The van der Waals surface area contributed by atoms with E-state index in [-0.39, 0.29) is 0 Å². The minimum atomic E-state index is 0.929. The van der Waals surface area contributed by atoms with Gasteiger partial charge in [-0.05, 0) is 112 Å². The topological polar surface area (TPSA) is 19.4 Å². The van der Waals surface area contributed by atoms with Crippen LogP contribution in [-0.2, 0) is 0 Å². The van der Waals surface area contributed by atoms with Crippen LogP contribution in [-0.4, -0.2) is 4.98 Å². The van der Waals surface area contributed by atoms with Crippen LogP contribution in [0.5, 0.6) is 0 Å². The smallest absolute Gasteiger partial charge is 0.0723 e. The molecule has 10 rings (SSSR count). The summed E-state index contributed by atoms with van der Waals surface area (Å²) in [5.74, 6) is 0. The monoisotopic (exact) mass is 793 g/mol. The molecule has 0 saturated heterocycles. The third-order valence-corrected chi connectivity index (χ3v) is 11.4. The number of pyridine rings is 1. The second-order valence-electron chi connectivity index (χ2n) is 15.2. The molecule has 62 heavy (non-hydrogen) atoms. The van der Waals surface area contributed by atoms with Crippen molar-refractivity contribution in [3.63, 3.8) is 0 Å². The first-order chi connectivity index (χ1) is 30.8. The van der Waals surface area contributed by atoms with E-state index in [1.807, 2.05) is 18.3 Å². The largest absolute Gasteiger partial charge is 0.310 e. The van der Waals surface area contributed by atoms with Crippen molar-refractivity contribution >= 4 is 34.1 Å². The summed E-state index contributed by atoms with van der Waals surface area (Å²) in [7, 11) is 0. The van der Waals surface area contributed by atoms with Crippen LogP contribution in [0.1, 0.15) is 0 Å². The Morgan fingerprint density at radius 1 is 0.226 bits per heavy atom. The van der Waals surface area contributed by atoms with E-state index in [9.17, 15) is 0 Å². The SMILES string of the molecule is c1ccc(-c2ccc(N(c3ccc(-c4ccc(N(c5ccc(-c6ccccc6)cc5)c5ccccc5-c5ccccn5)cc4)cc3)c3ccccc3-c3ccccc3)cc2)cc1. The third kappa shape index (κ3) is 7.91. The van der Waals surface area contributed by atoms with Crippen LogP contribution in [0.4, 0.5) is 34.1 Å². The number of anilines is 6. The first-order valence-corrected chi connectivity index (χ1v) is 21.0. The van der Waals surface area contributed by atoms with Gasteiger partial charge in [0.05, 0.1) is 17.1 Å². The highest BCUT2D eigenvalue weighted by Gasteiger charge is 2.20. The molecule has 10 aromatic rings. The Hall–Kier alpha value is -8.27. The molecule has 0 aliphatic rings. The molecule has 0 aliphatic carbocycles. The summed E-state index contributed by atoms with van der Waals surface area (Å²) in [6.07, 6.45) is 1.86. The first-order valence-electron chi connectivity index (χ1n) is 21.0. The molecule has 0 atom stereocenters. The van der Waals surface area contributed by atoms with Gasteiger partial charge in [-0.1, -0.05) is 182 Å². The Labute approximate surface area is 364 Å². The van der Waals surface area contributed by atoms with Gasteiger partial charge in [0.15, 0.2) is 0 Å². The zero-order valence-corrected chi connectivity index (χ0v) is 34.2. The lowest BCUT2D eigenvalue weighted by Crippen LogP contribution is -2.11. The molecule has 0 aliphatic heterocycles.